The van der Waals surface area contributed by atoms with Gasteiger partial charge in [0.05, 0.1) is 5.75 Å². The Balaban J connectivity index is 2.43. The average molecular weight is 364 g/mol. The Morgan fingerprint density at radius 2 is 1.72 bits per heavy atom. The second-order valence-corrected chi connectivity index (χ2v) is 7.22. The van der Waals surface area contributed by atoms with E-state index in [1.165, 1.54) is 29.9 Å². The summed E-state index contributed by atoms with van der Waals surface area (Å²) >= 11 is 1.42. The molecule has 0 saturated heterocycles. The van der Waals surface area contributed by atoms with E-state index < -0.39 is 0 Å². The molecule has 0 aromatic heterocycles. The first kappa shape index (κ1) is 21.1. The third-order valence-corrected chi connectivity index (χ3v) is 5.04. The minimum absolute atomic E-state index is 0.0341. The Labute approximate surface area is 155 Å². The van der Waals surface area contributed by atoms with Gasteiger partial charge in [-0.15, -0.1) is 11.8 Å². The number of hydrogen-bond donors (Lipinski definition) is 1. The summed E-state index contributed by atoms with van der Waals surface area (Å²) in [6.07, 6.45) is 0. The van der Waals surface area contributed by atoms with Gasteiger partial charge in [-0.25, -0.2) is 0 Å². The number of nitrogens with two attached hydrogens (primary N) is 1. The smallest absolute Gasteiger partial charge is 0.232 e. The molecule has 5 nitrogen and oxygen atoms in total. The predicted molar refractivity (Wildman–Crippen MR) is 107 cm³/mol. The van der Waals surface area contributed by atoms with Crippen molar-refractivity contribution < 1.29 is 9.59 Å². The van der Waals surface area contributed by atoms with Gasteiger partial charge >= 0.3 is 0 Å². The Kier molecular flexibility index (Phi) is 8.55. The summed E-state index contributed by atoms with van der Waals surface area (Å²) in [5, 5.41) is 0. The Morgan fingerprint density at radius 1 is 1.08 bits per heavy atom. The van der Waals surface area contributed by atoms with Gasteiger partial charge in [-0.3, -0.25) is 9.59 Å². The highest BCUT2D eigenvalue weighted by atomic mass is 32.2. The molecule has 6 heteroatoms. The van der Waals surface area contributed by atoms with Crippen LogP contribution in [0.2, 0.25) is 0 Å². The molecule has 0 heterocycles. The molecule has 1 rings (SSSR count). The van der Waals surface area contributed by atoms with E-state index >= 15 is 0 Å². The van der Waals surface area contributed by atoms with E-state index in [1.807, 2.05) is 26.2 Å². The molecule has 25 heavy (non-hydrogen) atoms. The van der Waals surface area contributed by atoms with Crippen LogP contribution >= 0.6 is 11.8 Å². The second-order valence-electron chi connectivity index (χ2n) is 6.23. The van der Waals surface area contributed by atoms with Crippen LogP contribution in [0.15, 0.2) is 35.5 Å². The van der Waals surface area contributed by atoms with Gasteiger partial charge in [0, 0.05) is 49.9 Å². The number of likely N-dealkylation sites (N-methyl/N-ethyl adjacent to an activating group) is 2. The Morgan fingerprint density at radius 3 is 2.28 bits per heavy atom. The Hall–Kier alpha value is -1.95. The summed E-state index contributed by atoms with van der Waals surface area (Å²) in [6.45, 7) is 6.71. The standard InChI is InChI=1S/C19H29N3O2S/c1-14-8-6-7-9-18(14)21(4)10-11-22(5)19(24)13-25-12-17(15(2)20)16(3)23/h6-9H,10-13,20H2,1-5H3. The lowest BCUT2D eigenvalue weighted by Gasteiger charge is -2.25. The maximum absolute atomic E-state index is 12.2. The monoisotopic (exact) mass is 363 g/mol. The summed E-state index contributed by atoms with van der Waals surface area (Å²) in [7, 11) is 3.84. The Bertz CT molecular complexity index is 639. The third kappa shape index (κ3) is 6.82. The first-order valence-corrected chi connectivity index (χ1v) is 9.44. The number of benzene rings is 1. The van der Waals surface area contributed by atoms with Crippen molar-refractivity contribution in [2.75, 3.05) is 43.6 Å². The first-order chi connectivity index (χ1) is 11.7. The molecular weight excluding hydrogens is 334 g/mol. The van der Waals surface area contributed by atoms with Crippen LogP contribution in [-0.4, -0.2) is 55.3 Å². The zero-order valence-corrected chi connectivity index (χ0v) is 16.7. The van der Waals surface area contributed by atoms with E-state index in [1.54, 1.807) is 11.8 Å². The first-order valence-electron chi connectivity index (χ1n) is 8.28. The van der Waals surface area contributed by atoms with Gasteiger partial charge in [-0.2, -0.15) is 0 Å². The molecule has 2 N–H and O–H groups in total. The topological polar surface area (TPSA) is 66.6 Å². The number of amides is 1. The van der Waals surface area contributed by atoms with Crippen LogP contribution in [0.1, 0.15) is 19.4 Å². The highest BCUT2D eigenvalue weighted by Gasteiger charge is 2.13. The van der Waals surface area contributed by atoms with Gasteiger partial charge in [0.1, 0.15) is 0 Å². The number of aryl methyl sites for hydroxylation is 1. The molecule has 0 aliphatic carbocycles. The van der Waals surface area contributed by atoms with Crippen molar-refractivity contribution in [3.05, 3.63) is 41.1 Å². The van der Waals surface area contributed by atoms with E-state index in [-0.39, 0.29) is 11.7 Å². The summed E-state index contributed by atoms with van der Waals surface area (Å²) in [5.74, 6) is 0.837. The molecule has 1 amide bonds. The number of carbonyl (C=O) groups excluding carboxylic acids is 2. The highest BCUT2D eigenvalue weighted by molar-refractivity contribution is 8.00. The van der Waals surface area contributed by atoms with Crippen molar-refractivity contribution in [3.8, 4) is 0 Å². The lowest BCUT2D eigenvalue weighted by Crippen LogP contribution is -2.36. The number of carbonyl (C=O) groups is 2. The normalized spacial score (nSPS) is 11.7. The number of hydrogen-bond acceptors (Lipinski definition) is 5. The van der Waals surface area contributed by atoms with E-state index in [4.69, 9.17) is 5.73 Å². The number of Topliss-reactive ketones (excluding diaryl/α,β-unsaturated/α-hetero) is 1. The van der Waals surface area contributed by atoms with Gasteiger partial charge in [-0.1, -0.05) is 18.2 Å². The van der Waals surface area contributed by atoms with E-state index in [0.717, 1.165) is 6.54 Å². The van der Waals surface area contributed by atoms with Crippen LogP contribution in [-0.2, 0) is 9.59 Å². The van der Waals surface area contributed by atoms with E-state index in [2.05, 4.69) is 24.0 Å². The van der Waals surface area contributed by atoms with Crippen molar-refractivity contribution in [3.63, 3.8) is 0 Å². The summed E-state index contributed by atoms with van der Waals surface area (Å²) in [6, 6.07) is 8.20. The zero-order valence-electron chi connectivity index (χ0n) is 15.8. The van der Waals surface area contributed by atoms with Crippen LogP contribution < -0.4 is 10.6 Å². The number of thioether (sulfide) groups is 1. The fourth-order valence-corrected chi connectivity index (χ4v) is 3.51. The van der Waals surface area contributed by atoms with Crippen LogP contribution in [0.5, 0.6) is 0 Å². The van der Waals surface area contributed by atoms with Crippen molar-refractivity contribution >= 4 is 29.1 Å². The van der Waals surface area contributed by atoms with Crippen molar-refractivity contribution in [2.45, 2.75) is 20.8 Å². The average Bonchev–Trinajstić information content (AvgIpc) is 2.55. The fourth-order valence-electron chi connectivity index (χ4n) is 2.38. The van der Waals surface area contributed by atoms with Gasteiger partial charge in [0.15, 0.2) is 5.78 Å². The van der Waals surface area contributed by atoms with Crippen LogP contribution in [0.4, 0.5) is 5.69 Å². The predicted octanol–water partition coefficient (Wildman–Crippen LogP) is 2.44. The molecular formula is C19H29N3O2S. The highest BCUT2D eigenvalue weighted by Crippen LogP contribution is 2.17. The third-order valence-electron chi connectivity index (χ3n) is 4.10. The minimum atomic E-state index is -0.0341. The minimum Gasteiger partial charge on any atom is -0.402 e. The number of nitrogens with zero attached hydrogens (tertiary/aromatic N) is 2. The number of para-hydroxylation sites is 1. The van der Waals surface area contributed by atoms with Gasteiger partial charge in [0.2, 0.25) is 5.91 Å². The van der Waals surface area contributed by atoms with Crippen molar-refractivity contribution in [2.24, 2.45) is 5.73 Å². The number of ketones is 1. The second kappa shape index (κ2) is 10.1. The molecule has 0 spiro atoms. The maximum atomic E-state index is 12.2. The van der Waals surface area contributed by atoms with Crippen LogP contribution in [0, 0.1) is 6.92 Å². The molecule has 1 aromatic rings. The molecule has 0 bridgehead atoms. The molecule has 0 saturated carbocycles. The van der Waals surface area contributed by atoms with Crippen LogP contribution in [0.3, 0.4) is 0 Å². The van der Waals surface area contributed by atoms with E-state index in [0.29, 0.717) is 29.3 Å². The van der Waals surface area contributed by atoms with Crippen molar-refractivity contribution in [1.82, 2.24) is 4.90 Å². The van der Waals surface area contributed by atoms with Crippen LogP contribution in [0.25, 0.3) is 0 Å². The summed E-state index contributed by atoms with van der Waals surface area (Å²) in [5.41, 5.74) is 9.22. The van der Waals surface area contributed by atoms with Crippen molar-refractivity contribution in [1.29, 1.82) is 0 Å². The molecule has 0 aliphatic rings. The molecule has 1 aromatic carbocycles. The molecule has 138 valence electrons. The SMILES string of the molecule is CC(=O)C(CSCC(=O)N(C)CCN(C)c1ccccc1C)=C(C)N. The maximum Gasteiger partial charge on any atom is 0.232 e. The van der Waals surface area contributed by atoms with Gasteiger partial charge in [0.25, 0.3) is 0 Å². The van der Waals surface area contributed by atoms with Gasteiger partial charge in [-0.05, 0) is 32.4 Å². The fraction of sp³-hybridized carbons (Fsp3) is 0.474. The quantitative estimate of drug-likeness (QED) is 0.683. The summed E-state index contributed by atoms with van der Waals surface area (Å²) in [4.78, 5) is 27.6. The van der Waals surface area contributed by atoms with E-state index in [9.17, 15) is 9.59 Å². The summed E-state index contributed by atoms with van der Waals surface area (Å²) < 4.78 is 0. The molecule has 0 radical (unpaired) electrons. The number of allylic oxidation sites excluding steroid dienone is 1. The molecule has 0 atom stereocenters. The largest absolute Gasteiger partial charge is 0.402 e. The lowest BCUT2D eigenvalue weighted by molar-refractivity contribution is -0.127. The molecule has 0 aliphatic heterocycles. The zero-order chi connectivity index (χ0) is 19.0. The number of rotatable bonds is 9. The lowest BCUT2D eigenvalue weighted by atomic mass is 10.2. The number of anilines is 1. The molecule has 0 fully saturated rings. The molecule has 0 unspecified atom stereocenters. The van der Waals surface area contributed by atoms with Gasteiger partial charge < -0.3 is 15.5 Å².